The molecule has 2 atom stereocenters. The number of hydrogen-bond acceptors (Lipinski definition) is 3. The van der Waals surface area contributed by atoms with Gasteiger partial charge in [0.05, 0.1) is 11.7 Å². The summed E-state index contributed by atoms with van der Waals surface area (Å²) in [6.07, 6.45) is 0.385. The second-order valence-corrected chi connectivity index (χ2v) is 6.66. The van der Waals surface area contributed by atoms with Gasteiger partial charge < -0.3 is 15.4 Å². The van der Waals surface area contributed by atoms with Gasteiger partial charge in [-0.05, 0) is 51.8 Å². The summed E-state index contributed by atoms with van der Waals surface area (Å²) in [6.45, 7) is 8.51. The van der Waals surface area contributed by atoms with E-state index in [4.69, 9.17) is 10.5 Å². The lowest BCUT2D eigenvalue weighted by atomic mass is 10.0. The third-order valence-corrected chi connectivity index (χ3v) is 3.52. The van der Waals surface area contributed by atoms with Crippen LogP contribution in [0, 0.1) is 11.6 Å². The molecule has 2 rings (SSSR count). The highest BCUT2D eigenvalue weighted by atomic mass is 19.1. The van der Waals surface area contributed by atoms with Crippen LogP contribution in [0.3, 0.4) is 0 Å². The van der Waals surface area contributed by atoms with Crippen molar-refractivity contribution in [1.29, 1.82) is 0 Å². The van der Waals surface area contributed by atoms with Gasteiger partial charge in [-0.1, -0.05) is 0 Å². The average Bonchev–Trinajstić information content (AvgIpc) is 2.23. The van der Waals surface area contributed by atoms with Crippen molar-refractivity contribution in [1.82, 2.24) is 0 Å². The largest absolute Gasteiger partial charge is 0.369 e. The third-order valence-electron chi connectivity index (χ3n) is 3.52. The fourth-order valence-corrected chi connectivity index (χ4v) is 3.03. The zero-order valence-electron chi connectivity index (χ0n) is 13.1. The van der Waals surface area contributed by atoms with Gasteiger partial charge in [-0.25, -0.2) is 8.78 Å². The Balaban J connectivity index is 2.31. The van der Waals surface area contributed by atoms with Gasteiger partial charge in [0, 0.05) is 19.1 Å². The van der Waals surface area contributed by atoms with Crippen LogP contribution in [-0.4, -0.2) is 30.8 Å². The van der Waals surface area contributed by atoms with Crippen LogP contribution in [0.25, 0.3) is 0 Å². The van der Waals surface area contributed by atoms with Crippen molar-refractivity contribution in [2.24, 2.45) is 5.73 Å². The molecule has 1 aliphatic heterocycles. The molecule has 1 saturated heterocycles. The van der Waals surface area contributed by atoms with Gasteiger partial charge in [-0.15, -0.1) is 0 Å². The number of hydrogen-bond donors (Lipinski definition) is 1. The number of nitrogens with two attached hydrogens (primary N) is 1. The van der Waals surface area contributed by atoms with Crippen LogP contribution >= 0.6 is 0 Å². The van der Waals surface area contributed by atoms with Crippen molar-refractivity contribution in [3.05, 3.63) is 29.3 Å². The number of morpholine rings is 1. The predicted molar refractivity (Wildman–Crippen MR) is 80.6 cm³/mol. The van der Waals surface area contributed by atoms with Crippen LogP contribution in [0.4, 0.5) is 14.5 Å². The van der Waals surface area contributed by atoms with Crippen molar-refractivity contribution >= 4 is 5.69 Å². The maximum atomic E-state index is 14.4. The first-order valence-electron chi connectivity index (χ1n) is 7.34. The lowest BCUT2D eigenvalue weighted by Crippen LogP contribution is -2.52. The fourth-order valence-electron chi connectivity index (χ4n) is 3.03. The maximum Gasteiger partial charge on any atom is 0.149 e. The molecular formula is C16H24F2N2O. The zero-order chi connectivity index (χ0) is 15.8. The van der Waals surface area contributed by atoms with E-state index in [0.29, 0.717) is 25.1 Å². The highest BCUT2D eigenvalue weighted by Gasteiger charge is 2.33. The van der Waals surface area contributed by atoms with Crippen molar-refractivity contribution < 1.29 is 13.5 Å². The summed E-state index contributed by atoms with van der Waals surface area (Å²) in [5, 5.41) is 0. The van der Waals surface area contributed by atoms with Crippen LogP contribution in [0.15, 0.2) is 12.1 Å². The topological polar surface area (TPSA) is 38.5 Å². The number of anilines is 1. The number of rotatable bonds is 3. The molecule has 3 nitrogen and oxygen atoms in total. The van der Waals surface area contributed by atoms with E-state index >= 15 is 0 Å². The smallest absolute Gasteiger partial charge is 0.149 e. The Hall–Kier alpha value is -1.20. The van der Waals surface area contributed by atoms with Crippen LogP contribution in [0.2, 0.25) is 0 Å². The van der Waals surface area contributed by atoms with Gasteiger partial charge in [-0.3, -0.25) is 0 Å². The molecule has 0 radical (unpaired) electrons. The van der Waals surface area contributed by atoms with E-state index in [2.05, 4.69) is 0 Å². The summed E-state index contributed by atoms with van der Waals surface area (Å²) in [5.41, 5.74) is 5.88. The first-order chi connectivity index (χ1) is 9.68. The minimum atomic E-state index is -0.532. The van der Waals surface area contributed by atoms with Gasteiger partial charge in [0.2, 0.25) is 0 Å². The summed E-state index contributed by atoms with van der Waals surface area (Å²) in [6, 6.07) is 2.64. The van der Waals surface area contributed by atoms with Crippen molar-refractivity contribution in [2.45, 2.75) is 51.9 Å². The monoisotopic (exact) mass is 298 g/mol. The van der Waals surface area contributed by atoms with Crippen LogP contribution < -0.4 is 10.6 Å². The molecule has 0 saturated carbocycles. The lowest BCUT2D eigenvalue weighted by Gasteiger charge is -2.43. The van der Waals surface area contributed by atoms with Crippen molar-refractivity contribution in [3.8, 4) is 0 Å². The molecule has 2 unspecified atom stereocenters. The predicted octanol–water partition coefficient (Wildman–Crippen LogP) is 2.86. The Kier molecular flexibility index (Phi) is 4.54. The van der Waals surface area contributed by atoms with Gasteiger partial charge in [-0.2, -0.15) is 0 Å². The molecule has 0 amide bonds. The average molecular weight is 298 g/mol. The minimum absolute atomic E-state index is 0.0339. The summed E-state index contributed by atoms with van der Waals surface area (Å²) in [5.74, 6) is -1.06. The van der Waals surface area contributed by atoms with Gasteiger partial charge in [0.1, 0.15) is 17.3 Å². The number of ether oxygens (including phenoxy) is 1. The van der Waals surface area contributed by atoms with E-state index in [0.717, 1.165) is 0 Å². The molecule has 1 fully saturated rings. The molecular weight excluding hydrogens is 274 g/mol. The number of nitrogens with zero attached hydrogens (tertiary/aromatic N) is 1. The first kappa shape index (κ1) is 16.2. The molecule has 0 aromatic heterocycles. The molecule has 1 heterocycles. The molecule has 1 aromatic carbocycles. The normalized spacial score (nSPS) is 23.2. The molecule has 5 heteroatoms. The quantitative estimate of drug-likeness (QED) is 0.932. The Morgan fingerprint density at radius 2 is 1.95 bits per heavy atom. The first-order valence-corrected chi connectivity index (χ1v) is 7.34. The van der Waals surface area contributed by atoms with E-state index < -0.39 is 17.2 Å². The van der Waals surface area contributed by atoms with E-state index in [9.17, 15) is 8.78 Å². The number of halogens is 2. The van der Waals surface area contributed by atoms with E-state index in [1.807, 2.05) is 27.7 Å². The Morgan fingerprint density at radius 3 is 2.43 bits per heavy atom. The van der Waals surface area contributed by atoms with Crippen LogP contribution in [0.5, 0.6) is 0 Å². The van der Waals surface area contributed by atoms with Gasteiger partial charge >= 0.3 is 0 Å². The summed E-state index contributed by atoms with van der Waals surface area (Å²) in [7, 11) is 0. The van der Waals surface area contributed by atoms with Gasteiger partial charge in [0.15, 0.2) is 0 Å². The molecule has 0 bridgehead atoms. The second-order valence-electron chi connectivity index (χ2n) is 6.66. The summed E-state index contributed by atoms with van der Waals surface area (Å²) < 4.78 is 34.5. The second kappa shape index (κ2) is 5.89. The SMILES string of the molecule is CC(N)Cc1cc(F)c(N2CC(C)OC(C)(C)C2)c(F)c1. The van der Waals surface area contributed by atoms with Crippen molar-refractivity contribution in [2.75, 3.05) is 18.0 Å². The third kappa shape index (κ3) is 3.92. The fraction of sp³-hybridized carbons (Fsp3) is 0.625. The van der Waals surface area contributed by atoms with E-state index in [-0.39, 0.29) is 17.8 Å². The molecule has 118 valence electrons. The summed E-state index contributed by atoms with van der Waals surface area (Å²) in [4.78, 5) is 1.73. The van der Waals surface area contributed by atoms with Crippen LogP contribution in [-0.2, 0) is 11.2 Å². The molecule has 1 aromatic rings. The highest BCUT2D eigenvalue weighted by Crippen LogP contribution is 2.31. The number of benzene rings is 1. The van der Waals surface area contributed by atoms with E-state index in [1.54, 1.807) is 4.90 Å². The highest BCUT2D eigenvalue weighted by molar-refractivity contribution is 5.51. The Labute approximate surface area is 125 Å². The molecule has 2 N–H and O–H groups in total. The van der Waals surface area contributed by atoms with Gasteiger partial charge in [0.25, 0.3) is 0 Å². The lowest BCUT2D eigenvalue weighted by molar-refractivity contribution is -0.0752. The van der Waals surface area contributed by atoms with E-state index in [1.165, 1.54) is 12.1 Å². The minimum Gasteiger partial charge on any atom is -0.369 e. The maximum absolute atomic E-state index is 14.4. The van der Waals surface area contributed by atoms with Crippen molar-refractivity contribution in [3.63, 3.8) is 0 Å². The molecule has 1 aliphatic rings. The molecule has 0 aliphatic carbocycles. The molecule has 21 heavy (non-hydrogen) atoms. The zero-order valence-corrected chi connectivity index (χ0v) is 13.1. The molecule has 0 spiro atoms. The standard InChI is InChI=1S/C16H24F2N2O/c1-10(19)5-12-6-13(17)15(14(18)7-12)20-8-11(2)21-16(3,4)9-20/h6-7,10-11H,5,8-9,19H2,1-4H3. The van der Waals surface area contributed by atoms with Crippen LogP contribution in [0.1, 0.15) is 33.3 Å². The summed E-state index contributed by atoms with van der Waals surface area (Å²) >= 11 is 0. The Bertz CT molecular complexity index is 494. The Morgan fingerprint density at radius 1 is 1.38 bits per heavy atom.